The van der Waals surface area contributed by atoms with Crippen LogP contribution in [-0.4, -0.2) is 23.6 Å². The van der Waals surface area contributed by atoms with Gasteiger partial charge in [0.15, 0.2) is 5.82 Å². The van der Waals surface area contributed by atoms with E-state index in [1.54, 1.807) is 7.11 Å². The number of nitrogen functional groups attached to an aromatic ring is 1. The molecule has 0 amide bonds. The lowest BCUT2D eigenvalue weighted by atomic mass is 10.0. The van der Waals surface area contributed by atoms with E-state index in [0.717, 1.165) is 31.7 Å². The summed E-state index contributed by atoms with van der Waals surface area (Å²) in [6, 6.07) is 10.4. The molecule has 5 heteroatoms. The maximum absolute atomic E-state index is 5.90. The SMILES string of the molecule is COCc1nc(N)cc(N2CCCc3ccccc3C2)n1. The van der Waals surface area contributed by atoms with Crippen molar-refractivity contribution in [3.05, 3.63) is 47.3 Å². The summed E-state index contributed by atoms with van der Waals surface area (Å²) in [5, 5.41) is 0. The Balaban J connectivity index is 1.90. The first-order valence-electron chi connectivity index (χ1n) is 7.20. The van der Waals surface area contributed by atoms with Gasteiger partial charge in [0.1, 0.15) is 18.2 Å². The Morgan fingerprint density at radius 3 is 2.86 bits per heavy atom. The monoisotopic (exact) mass is 284 g/mol. The van der Waals surface area contributed by atoms with Crippen LogP contribution in [0.3, 0.4) is 0 Å². The normalized spacial score (nSPS) is 14.6. The molecule has 2 N–H and O–H groups in total. The minimum absolute atomic E-state index is 0.377. The predicted molar refractivity (Wildman–Crippen MR) is 83.0 cm³/mol. The van der Waals surface area contributed by atoms with Crippen molar-refractivity contribution >= 4 is 11.6 Å². The highest BCUT2D eigenvalue weighted by molar-refractivity contribution is 5.48. The van der Waals surface area contributed by atoms with Crippen molar-refractivity contribution < 1.29 is 4.74 Å². The van der Waals surface area contributed by atoms with Crippen LogP contribution < -0.4 is 10.6 Å². The topological polar surface area (TPSA) is 64.3 Å². The zero-order chi connectivity index (χ0) is 14.7. The molecule has 0 bridgehead atoms. The molecule has 110 valence electrons. The molecule has 2 heterocycles. The molecule has 0 unspecified atom stereocenters. The second kappa shape index (κ2) is 6.10. The van der Waals surface area contributed by atoms with Crippen molar-refractivity contribution in [2.75, 3.05) is 24.3 Å². The number of hydrogen-bond acceptors (Lipinski definition) is 5. The van der Waals surface area contributed by atoms with Crippen molar-refractivity contribution in [3.63, 3.8) is 0 Å². The van der Waals surface area contributed by atoms with Gasteiger partial charge in [0, 0.05) is 26.3 Å². The second-order valence-corrected chi connectivity index (χ2v) is 5.29. The smallest absolute Gasteiger partial charge is 0.158 e. The Morgan fingerprint density at radius 2 is 2.05 bits per heavy atom. The quantitative estimate of drug-likeness (QED) is 0.935. The number of aromatic nitrogens is 2. The molecular formula is C16H20N4O. The van der Waals surface area contributed by atoms with Gasteiger partial charge < -0.3 is 15.4 Å². The predicted octanol–water partition coefficient (Wildman–Crippen LogP) is 2.16. The van der Waals surface area contributed by atoms with Gasteiger partial charge in [-0.05, 0) is 24.0 Å². The highest BCUT2D eigenvalue weighted by Crippen LogP contribution is 2.23. The molecule has 1 aromatic carbocycles. The Labute approximate surface area is 124 Å². The fraction of sp³-hybridized carbons (Fsp3) is 0.375. The number of anilines is 2. The van der Waals surface area contributed by atoms with Crippen LogP contribution in [0.5, 0.6) is 0 Å². The van der Waals surface area contributed by atoms with Gasteiger partial charge in [-0.15, -0.1) is 0 Å². The lowest BCUT2D eigenvalue weighted by molar-refractivity contribution is 0.178. The van der Waals surface area contributed by atoms with Gasteiger partial charge in [0.2, 0.25) is 0 Å². The minimum Gasteiger partial charge on any atom is -0.384 e. The van der Waals surface area contributed by atoms with Crippen LogP contribution in [0, 0.1) is 0 Å². The average molecular weight is 284 g/mol. The first kappa shape index (κ1) is 13.8. The number of aryl methyl sites for hydroxylation is 1. The van der Waals surface area contributed by atoms with E-state index in [1.807, 2.05) is 6.07 Å². The van der Waals surface area contributed by atoms with Gasteiger partial charge in [-0.3, -0.25) is 0 Å². The average Bonchev–Trinajstić information content (AvgIpc) is 2.69. The van der Waals surface area contributed by atoms with Crippen molar-refractivity contribution in [2.24, 2.45) is 0 Å². The zero-order valence-electron chi connectivity index (χ0n) is 12.2. The number of nitrogens with two attached hydrogens (primary N) is 1. The molecule has 21 heavy (non-hydrogen) atoms. The highest BCUT2D eigenvalue weighted by Gasteiger charge is 2.16. The van der Waals surface area contributed by atoms with Crippen LogP contribution in [0.2, 0.25) is 0 Å². The molecule has 0 aliphatic carbocycles. The summed E-state index contributed by atoms with van der Waals surface area (Å²) < 4.78 is 5.11. The van der Waals surface area contributed by atoms with Gasteiger partial charge in [-0.2, -0.15) is 0 Å². The Morgan fingerprint density at radius 1 is 1.24 bits per heavy atom. The number of benzene rings is 1. The van der Waals surface area contributed by atoms with E-state index >= 15 is 0 Å². The third kappa shape index (κ3) is 3.13. The van der Waals surface area contributed by atoms with E-state index < -0.39 is 0 Å². The van der Waals surface area contributed by atoms with Crippen molar-refractivity contribution in [2.45, 2.75) is 26.0 Å². The number of hydrogen-bond donors (Lipinski definition) is 1. The number of fused-ring (bicyclic) bond motifs is 1. The minimum atomic E-state index is 0.377. The maximum atomic E-state index is 5.90. The Kier molecular flexibility index (Phi) is 4.01. The summed E-state index contributed by atoms with van der Waals surface area (Å²) in [7, 11) is 1.63. The zero-order valence-corrected chi connectivity index (χ0v) is 12.2. The fourth-order valence-corrected chi connectivity index (χ4v) is 2.75. The fourth-order valence-electron chi connectivity index (χ4n) is 2.75. The molecule has 0 radical (unpaired) electrons. The molecule has 0 fully saturated rings. The van der Waals surface area contributed by atoms with Crippen LogP contribution in [0.4, 0.5) is 11.6 Å². The molecule has 3 rings (SSSR count). The van der Waals surface area contributed by atoms with Crippen LogP contribution >= 0.6 is 0 Å². The van der Waals surface area contributed by atoms with Crippen LogP contribution in [0.25, 0.3) is 0 Å². The third-order valence-corrected chi connectivity index (χ3v) is 3.73. The standard InChI is InChI=1S/C16H20N4O/c1-21-11-15-18-14(17)9-16(19-15)20-8-4-7-12-5-2-3-6-13(12)10-20/h2-3,5-6,9H,4,7-8,10-11H2,1H3,(H2,17,18,19). The Bertz CT molecular complexity index is 629. The van der Waals surface area contributed by atoms with Gasteiger partial charge in [0.25, 0.3) is 0 Å². The summed E-state index contributed by atoms with van der Waals surface area (Å²) in [4.78, 5) is 11.0. The molecule has 0 spiro atoms. The van der Waals surface area contributed by atoms with E-state index in [-0.39, 0.29) is 0 Å². The second-order valence-electron chi connectivity index (χ2n) is 5.29. The summed E-state index contributed by atoms with van der Waals surface area (Å²) in [5.41, 5.74) is 8.69. The number of methoxy groups -OCH3 is 1. The summed E-state index contributed by atoms with van der Waals surface area (Å²) in [6.45, 7) is 2.21. The number of rotatable bonds is 3. The molecule has 1 aliphatic heterocycles. The lowest BCUT2D eigenvalue weighted by Crippen LogP contribution is -2.24. The van der Waals surface area contributed by atoms with Gasteiger partial charge in [-0.25, -0.2) is 9.97 Å². The Hall–Kier alpha value is -2.14. The molecule has 0 saturated carbocycles. The van der Waals surface area contributed by atoms with E-state index in [1.165, 1.54) is 11.1 Å². The first-order valence-corrected chi connectivity index (χ1v) is 7.20. The summed E-state index contributed by atoms with van der Waals surface area (Å²) in [5.74, 6) is 2.00. The van der Waals surface area contributed by atoms with Crippen molar-refractivity contribution in [3.8, 4) is 0 Å². The molecule has 2 aromatic rings. The third-order valence-electron chi connectivity index (χ3n) is 3.73. The van der Waals surface area contributed by atoms with Gasteiger partial charge in [-0.1, -0.05) is 24.3 Å². The maximum Gasteiger partial charge on any atom is 0.158 e. The van der Waals surface area contributed by atoms with E-state index in [2.05, 4.69) is 39.1 Å². The van der Waals surface area contributed by atoms with Crippen molar-refractivity contribution in [1.29, 1.82) is 0 Å². The highest BCUT2D eigenvalue weighted by atomic mass is 16.5. The van der Waals surface area contributed by atoms with Crippen LogP contribution in [0.15, 0.2) is 30.3 Å². The van der Waals surface area contributed by atoms with E-state index in [0.29, 0.717) is 18.2 Å². The molecule has 1 aliphatic rings. The van der Waals surface area contributed by atoms with Crippen molar-refractivity contribution in [1.82, 2.24) is 9.97 Å². The number of nitrogens with zero attached hydrogens (tertiary/aromatic N) is 3. The summed E-state index contributed by atoms with van der Waals surface area (Å²) >= 11 is 0. The van der Waals surface area contributed by atoms with Crippen LogP contribution in [-0.2, 0) is 24.3 Å². The molecule has 1 aromatic heterocycles. The molecule has 5 nitrogen and oxygen atoms in total. The number of ether oxygens (including phenoxy) is 1. The summed E-state index contributed by atoms with van der Waals surface area (Å²) in [6.07, 6.45) is 2.22. The van der Waals surface area contributed by atoms with E-state index in [9.17, 15) is 0 Å². The van der Waals surface area contributed by atoms with E-state index in [4.69, 9.17) is 10.5 Å². The molecule has 0 saturated heterocycles. The van der Waals surface area contributed by atoms with Gasteiger partial charge in [0.05, 0.1) is 0 Å². The van der Waals surface area contributed by atoms with Gasteiger partial charge >= 0.3 is 0 Å². The lowest BCUT2D eigenvalue weighted by Gasteiger charge is -2.22. The molecular weight excluding hydrogens is 264 g/mol. The largest absolute Gasteiger partial charge is 0.384 e. The molecule has 0 atom stereocenters. The first-order chi connectivity index (χ1) is 10.3. The van der Waals surface area contributed by atoms with Crippen LogP contribution in [0.1, 0.15) is 23.4 Å².